The van der Waals surface area contributed by atoms with Crippen LogP contribution < -0.4 is 15.7 Å². The van der Waals surface area contributed by atoms with Gasteiger partial charge in [0.25, 0.3) is 5.91 Å². The summed E-state index contributed by atoms with van der Waals surface area (Å²) in [6.07, 6.45) is 1.56. The molecular weight excluding hydrogens is 332 g/mol. The van der Waals surface area contributed by atoms with Crippen molar-refractivity contribution in [1.29, 1.82) is 0 Å². The summed E-state index contributed by atoms with van der Waals surface area (Å²) in [5.41, 5.74) is 0.538. The number of carbonyl (C=O) groups is 1. The van der Waals surface area contributed by atoms with Gasteiger partial charge >= 0.3 is 5.69 Å². The number of nitrogens with zero attached hydrogens (tertiary/aromatic N) is 2. The van der Waals surface area contributed by atoms with E-state index >= 15 is 0 Å². The highest BCUT2D eigenvalue weighted by molar-refractivity contribution is 6.34. The normalized spacial score (nSPS) is 11.0. The van der Waals surface area contributed by atoms with Crippen molar-refractivity contribution in [3.63, 3.8) is 0 Å². The van der Waals surface area contributed by atoms with Gasteiger partial charge in [-0.25, -0.2) is 14.3 Å². The van der Waals surface area contributed by atoms with E-state index in [9.17, 15) is 9.59 Å². The standard InChI is InChI=1S/C16H15ClN4O3/c1-9(2)24-10-5-6-13(12(17)8-10)18-15(22)11-4-3-7-21-14(11)19-20-16(21)23/h3-9H,1-2H3,(H,18,22)(H,20,23). The molecule has 0 saturated heterocycles. The smallest absolute Gasteiger partial charge is 0.347 e. The Morgan fingerprint density at radius 2 is 2.17 bits per heavy atom. The maximum Gasteiger partial charge on any atom is 0.347 e. The Morgan fingerprint density at radius 3 is 2.88 bits per heavy atom. The topological polar surface area (TPSA) is 88.5 Å². The van der Waals surface area contributed by atoms with Crippen LogP contribution >= 0.6 is 11.6 Å². The number of halogens is 1. The number of nitrogens with one attached hydrogen (secondary N) is 2. The van der Waals surface area contributed by atoms with Crippen LogP contribution in [0.4, 0.5) is 5.69 Å². The third-order valence-corrected chi connectivity index (χ3v) is 3.56. The highest BCUT2D eigenvalue weighted by Crippen LogP contribution is 2.28. The summed E-state index contributed by atoms with van der Waals surface area (Å²) in [5.74, 6) is 0.202. The minimum absolute atomic E-state index is 0.0251. The van der Waals surface area contributed by atoms with Crippen molar-refractivity contribution >= 4 is 28.8 Å². The van der Waals surface area contributed by atoms with E-state index in [1.165, 1.54) is 10.6 Å². The number of carbonyl (C=O) groups excluding carboxylic acids is 1. The molecule has 0 aliphatic heterocycles. The number of H-pyrrole nitrogens is 1. The molecule has 2 heterocycles. The quantitative estimate of drug-likeness (QED) is 0.760. The molecule has 3 rings (SSSR count). The molecule has 0 spiro atoms. The Hall–Kier alpha value is -2.80. The fraction of sp³-hybridized carbons (Fsp3) is 0.188. The van der Waals surface area contributed by atoms with Gasteiger partial charge in [0.1, 0.15) is 5.75 Å². The zero-order chi connectivity index (χ0) is 17.3. The molecule has 0 aliphatic rings. The highest BCUT2D eigenvalue weighted by Gasteiger charge is 2.15. The SMILES string of the molecule is CC(C)Oc1ccc(NC(=O)c2cccn3c(=O)[nH]nc23)c(Cl)c1. The van der Waals surface area contributed by atoms with Crippen molar-refractivity contribution in [3.05, 3.63) is 57.6 Å². The van der Waals surface area contributed by atoms with Crippen LogP contribution in [0.1, 0.15) is 24.2 Å². The van der Waals surface area contributed by atoms with E-state index in [1.807, 2.05) is 13.8 Å². The predicted octanol–water partition coefficient (Wildman–Crippen LogP) is 2.72. The predicted molar refractivity (Wildman–Crippen MR) is 91.0 cm³/mol. The number of rotatable bonds is 4. The van der Waals surface area contributed by atoms with Crippen LogP contribution in [0.5, 0.6) is 5.75 Å². The third-order valence-electron chi connectivity index (χ3n) is 3.25. The molecule has 7 nitrogen and oxygen atoms in total. The molecule has 124 valence electrons. The van der Waals surface area contributed by atoms with Gasteiger partial charge in [-0.15, -0.1) is 0 Å². The van der Waals surface area contributed by atoms with E-state index in [4.69, 9.17) is 16.3 Å². The summed E-state index contributed by atoms with van der Waals surface area (Å²) in [6, 6.07) is 8.20. The van der Waals surface area contributed by atoms with Crippen LogP contribution in [-0.4, -0.2) is 26.6 Å². The fourth-order valence-electron chi connectivity index (χ4n) is 2.24. The van der Waals surface area contributed by atoms with Crippen LogP contribution in [0.15, 0.2) is 41.3 Å². The Balaban J connectivity index is 1.88. The average molecular weight is 347 g/mol. The minimum atomic E-state index is -0.418. The second-order valence-electron chi connectivity index (χ2n) is 5.41. The number of fused-ring (bicyclic) bond motifs is 1. The Bertz CT molecular complexity index is 961. The van der Waals surface area contributed by atoms with Gasteiger partial charge in [-0.05, 0) is 38.1 Å². The van der Waals surface area contributed by atoms with Crippen LogP contribution in [0.3, 0.4) is 0 Å². The van der Waals surface area contributed by atoms with Crippen molar-refractivity contribution in [2.45, 2.75) is 20.0 Å². The van der Waals surface area contributed by atoms with Gasteiger partial charge in [-0.2, -0.15) is 5.10 Å². The lowest BCUT2D eigenvalue weighted by molar-refractivity contribution is 0.102. The van der Waals surface area contributed by atoms with E-state index in [0.717, 1.165) is 0 Å². The van der Waals surface area contributed by atoms with Gasteiger partial charge in [0.15, 0.2) is 5.65 Å². The number of hydrogen-bond donors (Lipinski definition) is 2. The molecule has 1 amide bonds. The number of aromatic amines is 1. The third kappa shape index (κ3) is 3.11. The van der Waals surface area contributed by atoms with E-state index in [1.54, 1.807) is 30.3 Å². The van der Waals surface area contributed by atoms with Gasteiger partial charge in [0, 0.05) is 12.3 Å². The molecule has 2 N–H and O–H groups in total. The first-order valence-electron chi connectivity index (χ1n) is 7.29. The molecule has 0 unspecified atom stereocenters. The number of hydrogen-bond acceptors (Lipinski definition) is 4. The van der Waals surface area contributed by atoms with E-state index in [0.29, 0.717) is 16.5 Å². The largest absolute Gasteiger partial charge is 0.491 e. The van der Waals surface area contributed by atoms with Gasteiger partial charge in [-0.1, -0.05) is 11.6 Å². The van der Waals surface area contributed by atoms with Crippen molar-refractivity contribution in [3.8, 4) is 5.75 Å². The molecule has 0 aliphatic carbocycles. The molecule has 0 radical (unpaired) electrons. The summed E-state index contributed by atoms with van der Waals surface area (Å²) in [6.45, 7) is 3.83. The van der Waals surface area contributed by atoms with E-state index in [-0.39, 0.29) is 17.3 Å². The number of anilines is 1. The first-order chi connectivity index (χ1) is 11.5. The van der Waals surface area contributed by atoms with E-state index in [2.05, 4.69) is 15.5 Å². The van der Waals surface area contributed by atoms with Gasteiger partial charge < -0.3 is 10.1 Å². The molecule has 24 heavy (non-hydrogen) atoms. The molecule has 0 saturated carbocycles. The first kappa shape index (κ1) is 16.1. The Morgan fingerprint density at radius 1 is 1.38 bits per heavy atom. The maximum absolute atomic E-state index is 12.5. The van der Waals surface area contributed by atoms with Gasteiger partial charge in [0.05, 0.1) is 22.4 Å². The van der Waals surface area contributed by atoms with Gasteiger partial charge in [0.2, 0.25) is 0 Å². The van der Waals surface area contributed by atoms with Gasteiger partial charge in [-0.3, -0.25) is 4.79 Å². The maximum atomic E-state index is 12.5. The van der Waals surface area contributed by atoms with E-state index < -0.39 is 11.6 Å². The van der Waals surface area contributed by atoms with Crippen molar-refractivity contribution in [2.24, 2.45) is 0 Å². The molecule has 3 aromatic rings. The zero-order valence-electron chi connectivity index (χ0n) is 13.0. The second kappa shape index (κ2) is 6.37. The summed E-state index contributed by atoms with van der Waals surface area (Å²) in [7, 11) is 0. The van der Waals surface area contributed by atoms with Crippen molar-refractivity contribution in [1.82, 2.24) is 14.6 Å². The summed E-state index contributed by atoms with van der Waals surface area (Å²) < 4.78 is 6.81. The lowest BCUT2D eigenvalue weighted by atomic mass is 10.2. The number of benzene rings is 1. The number of amides is 1. The van der Waals surface area contributed by atoms with Crippen molar-refractivity contribution < 1.29 is 9.53 Å². The minimum Gasteiger partial charge on any atom is -0.491 e. The molecule has 8 heteroatoms. The Labute approximate surface area is 142 Å². The summed E-state index contributed by atoms with van der Waals surface area (Å²) in [4.78, 5) is 24.1. The Kier molecular flexibility index (Phi) is 4.26. The van der Waals surface area contributed by atoms with Crippen LogP contribution in [0, 0.1) is 0 Å². The molecule has 0 atom stereocenters. The summed E-state index contributed by atoms with van der Waals surface area (Å²) >= 11 is 6.20. The van der Waals surface area contributed by atoms with Crippen molar-refractivity contribution in [2.75, 3.05) is 5.32 Å². The van der Waals surface area contributed by atoms with Crippen LogP contribution in [-0.2, 0) is 0 Å². The zero-order valence-corrected chi connectivity index (χ0v) is 13.8. The van der Waals surface area contributed by atoms with Crippen LogP contribution in [0.25, 0.3) is 5.65 Å². The number of aromatic nitrogens is 3. The lowest BCUT2D eigenvalue weighted by Crippen LogP contribution is -2.15. The second-order valence-corrected chi connectivity index (χ2v) is 5.81. The van der Waals surface area contributed by atoms with Crippen LogP contribution in [0.2, 0.25) is 5.02 Å². The molecule has 0 bridgehead atoms. The number of ether oxygens (including phenoxy) is 1. The monoisotopic (exact) mass is 346 g/mol. The number of pyridine rings is 1. The fourth-order valence-corrected chi connectivity index (χ4v) is 2.46. The first-order valence-corrected chi connectivity index (χ1v) is 7.67. The average Bonchev–Trinajstić information content (AvgIpc) is 2.91. The molecular formula is C16H15ClN4O3. The molecule has 2 aromatic heterocycles. The highest BCUT2D eigenvalue weighted by atomic mass is 35.5. The molecule has 0 fully saturated rings. The lowest BCUT2D eigenvalue weighted by Gasteiger charge is -2.12. The molecule has 1 aromatic carbocycles. The summed E-state index contributed by atoms with van der Waals surface area (Å²) in [5, 5.41) is 9.24.